The maximum absolute atomic E-state index is 12.3. The van der Waals surface area contributed by atoms with Crippen molar-refractivity contribution < 1.29 is 9.53 Å². The van der Waals surface area contributed by atoms with Crippen LogP contribution in [0.2, 0.25) is 0 Å². The van der Waals surface area contributed by atoms with Crippen LogP contribution < -0.4 is 10.1 Å². The molecule has 1 heterocycles. The lowest BCUT2D eigenvalue weighted by Gasteiger charge is -2.10. The molecule has 0 saturated heterocycles. The Morgan fingerprint density at radius 2 is 2.15 bits per heavy atom. The van der Waals surface area contributed by atoms with Gasteiger partial charge in [-0.15, -0.1) is 0 Å². The van der Waals surface area contributed by atoms with Gasteiger partial charge in [-0.1, -0.05) is 17.8 Å². The van der Waals surface area contributed by atoms with Crippen LogP contribution in [0, 0.1) is 10.5 Å². The Labute approximate surface area is 170 Å². The molecule has 0 aliphatic carbocycles. The van der Waals surface area contributed by atoms with Crippen molar-refractivity contribution in [2.75, 3.05) is 18.2 Å². The van der Waals surface area contributed by atoms with E-state index in [4.69, 9.17) is 4.74 Å². The SMILES string of the molecule is COc1cccc(-n2ccnc2SCC(=O)Nc2ccc(I)cc2C)c1. The number of halogens is 1. The van der Waals surface area contributed by atoms with Gasteiger partial charge in [0.15, 0.2) is 5.16 Å². The van der Waals surface area contributed by atoms with Crippen LogP contribution in [-0.4, -0.2) is 28.3 Å². The number of carbonyl (C=O) groups is 1. The lowest BCUT2D eigenvalue weighted by Crippen LogP contribution is -2.15. The summed E-state index contributed by atoms with van der Waals surface area (Å²) in [5, 5.41) is 3.71. The van der Waals surface area contributed by atoms with Gasteiger partial charge in [0.25, 0.3) is 0 Å². The number of hydrogen-bond donors (Lipinski definition) is 1. The average Bonchev–Trinajstić information content (AvgIpc) is 3.11. The zero-order valence-corrected chi connectivity index (χ0v) is 17.4. The summed E-state index contributed by atoms with van der Waals surface area (Å²) in [5.74, 6) is 1.01. The number of hydrogen-bond acceptors (Lipinski definition) is 4. The molecular formula is C19H18IN3O2S. The van der Waals surface area contributed by atoms with Crippen LogP contribution in [0.15, 0.2) is 60.0 Å². The van der Waals surface area contributed by atoms with E-state index in [1.807, 2.05) is 60.2 Å². The van der Waals surface area contributed by atoms with Crippen LogP contribution in [-0.2, 0) is 4.79 Å². The second-order valence-corrected chi connectivity index (χ2v) is 7.77. The minimum absolute atomic E-state index is 0.0560. The van der Waals surface area contributed by atoms with E-state index in [9.17, 15) is 4.79 Å². The summed E-state index contributed by atoms with van der Waals surface area (Å²) < 4.78 is 8.36. The number of thioether (sulfide) groups is 1. The molecule has 0 radical (unpaired) electrons. The number of amides is 1. The number of methoxy groups -OCH3 is 1. The molecule has 1 aromatic heterocycles. The second kappa shape index (κ2) is 8.59. The number of aryl methyl sites for hydroxylation is 1. The first-order chi connectivity index (χ1) is 12.6. The van der Waals surface area contributed by atoms with E-state index in [0.29, 0.717) is 0 Å². The zero-order chi connectivity index (χ0) is 18.5. The number of ether oxygens (including phenoxy) is 1. The highest BCUT2D eigenvalue weighted by molar-refractivity contribution is 14.1. The van der Waals surface area contributed by atoms with Crippen molar-refractivity contribution in [1.29, 1.82) is 0 Å². The molecule has 2 aromatic carbocycles. The largest absolute Gasteiger partial charge is 0.497 e. The summed E-state index contributed by atoms with van der Waals surface area (Å²) in [6.07, 6.45) is 3.60. The molecule has 0 fully saturated rings. The topological polar surface area (TPSA) is 56.2 Å². The molecule has 0 aliphatic heterocycles. The smallest absolute Gasteiger partial charge is 0.234 e. The third-order valence-electron chi connectivity index (χ3n) is 3.73. The molecule has 0 unspecified atom stereocenters. The number of carbonyl (C=O) groups excluding carboxylic acids is 1. The molecule has 3 rings (SSSR count). The van der Waals surface area contributed by atoms with Crippen LogP contribution in [0.3, 0.4) is 0 Å². The zero-order valence-electron chi connectivity index (χ0n) is 14.4. The van der Waals surface area contributed by atoms with Crippen LogP contribution in [0.4, 0.5) is 5.69 Å². The van der Waals surface area contributed by atoms with Gasteiger partial charge in [-0.3, -0.25) is 9.36 Å². The van der Waals surface area contributed by atoms with E-state index in [1.165, 1.54) is 11.8 Å². The van der Waals surface area contributed by atoms with Crippen molar-refractivity contribution in [2.45, 2.75) is 12.1 Å². The van der Waals surface area contributed by atoms with Crippen molar-refractivity contribution in [2.24, 2.45) is 0 Å². The van der Waals surface area contributed by atoms with E-state index >= 15 is 0 Å². The highest BCUT2D eigenvalue weighted by atomic mass is 127. The summed E-state index contributed by atoms with van der Waals surface area (Å²) >= 11 is 3.65. The van der Waals surface area contributed by atoms with Gasteiger partial charge in [-0.25, -0.2) is 4.98 Å². The van der Waals surface area contributed by atoms with Gasteiger partial charge < -0.3 is 10.1 Å². The molecule has 0 atom stereocenters. The summed E-state index contributed by atoms with van der Waals surface area (Å²) in [4.78, 5) is 16.7. The molecule has 5 nitrogen and oxygen atoms in total. The van der Waals surface area contributed by atoms with E-state index in [-0.39, 0.29) is 11.7 Å². The molecule has 134 valence electrons. The minimum Gasteiger partial charge on any atom is -0.497 e. The molecule has 0 aliphatic rings. The van der Waals surface area contributed by atoms with E-state index in [2.05, 4.69) is 32.9 Å². The molecule has 0 saturated carbocycles. The Bertz CT molecular complexity index is 927. The molecule has 1 N–H and O–H groups in total. The number of rotatable bonds is 6. The first-order valence-corrected chi connectivity index (χ1v) is 10.00. The van der Waals surface area contributed by atoms with Crippen LogP contribution in [0.1, 0.15) is 5.56 Å². The van der Waals surface area contributed by atoms with Gasteiger partial charge in [0.1, 0.15) is 5.75 Å². The van der Waals surface area contributed by atoms with Gasteiger partial charge >= 0.3 is 0 Å². The number of benzene rings is 2. The Hall–Kier alpha value is -2.00. The summed E-state index contributed by atoms with van der Waals surface area (Å²) in [6.45, 7) is 1.99. The predicted octanol–water partition coefficient (Wildman–Crippen LogP) is 4.52. The quantitative estimate of drug-likeness (QED) is 0.417. The van der Waals surface area contributed by atoms with Gasteiger partial charge in [0, 0.05) is 27.7 Å². The molecule has 0 bridgehead atoms. The Balaban J connectivity index is 1.67. The van der Waals surface area contributed by atoms with E-state index < -0.39 is 0 Å². The average molecular weight is 479 g/mol. The van der Waals surface area contributed by atoms with Crippen LogP contribution >= 0.6 is 34.4 Å². The lowest BCUT2D eigenvalue weighted by molar-refractivity contribution is -0.113. The lowest BCUT2D eigenvalue weighted by atomic mass is 10.2. The number of anilines is 1. The van der Waals surface area contributed by atoms with Gasteiger partial charge in [-0.2, -0.15) is 0 Å². The second-order valence-electron chi connectivity index (χ2n) is 5.58. The fourth-order valence-corrected chi connectivity index (χ4v) is 3.86. The first kappa shape index (κ1) is 18.8. The Morgan fingerprint density at radius 3 is 2.92 bits per heavy atom. The number of aromatic nitrogens is 2. The van der Waals surface area contributed by atoms with E-state index in [0.717, 1.165) is 31.4 Å². The molecule has 26 heavy (non-hydrogen) atoms. The minimum atomic E-state index is -0.0560. The fraction of sp³-hybridized carbons (Fsp3) is 0.158. The molecule has 0 spiro atoms. The molecule has 1 amide bonds. The number of nitrogens with zero attached hydrogens (tertiary/aromatic N) is 2. The normalized spacial score (nSPS) is 10.6. The maximum atomic E-state index is 12.3. The van der Waals surface area contributed by atoms with Crippen LogP contribution in [0.5, 0.6) is 5.75 Å². The number of imidazole rings is 1. The van der Waals surface area contributed by atoms with Crippen molar-refractivity contribution in [3.8, 4) is 11.4 Å². The Kier molecular flexibility index (Phi) is 6.20. The monoisotopic (exact) mass is 479 g/mol. The molecular weight excluding hydrogens is 461 g/mol. The van der Waals surface area contributed by atoms with Crippen molar-refractivity contribution >= 4 is 45.9 Å². The highest BCUT2D eigenvalue weighted by Gasteiger charge is 2.11. The van der Waals surface area contributed by atoms with E-state index in [1.54, 1.807) is 13.3 Å². The summed E-state index contributed by atoms with van der Waals surface area (Å²) in [7, 11) is 1.64. The number of nitrogens with one attached hydrogen (secondary N) is 1. The first-order valence-electron chi connectivity index (χ1n) is 7.93. The maximum Gasteiger partial charge on any atom is 0.234 e. The fourth-order valence-electron chi connectivity index (χ4n) is 2.44. The van der Waals surface area contributed by atoms with Crippen LogP contribution in [0.25, 0.3) is 5.69 Å². The highest BCUT2D eigenvalue weighted by Crippen LogP contribution is 2.24. The van der Waals surface area contributed by atoms with Crippen molar-refractivity contribution in [1.82, 2.24) is 9.55 Å². The summed E-state index contributed by atoms with van der Waals surface area (Å²) in [5.41, 5.74) is 2.83. The standard InChI is InChI=1S/C19H18IN3O2S/c1-13-10-14(20)6-7-17(13)22-18(24)12-26-19-21-8-9-23(19)15-4-3-5-16(11-15)25-2/h3-11H,12H2,1-2H3,(H,22,24). The predicted molar refractivity (Wildman–Crippen MR) is 113 cm³/mol. The van der Waals surface area contributed by atoms with Crippen molar-refractivity contribution in [3.63, 3.8) is 0 Å². The van der Waals surface area contributed by atoms with Crippen molar-refractivity contribution in [3.05, 3.63) is 64.0 Å². The third kappa shape index (κ3) is 4.59. The summed E-state index contributed by atoms with van der Waals surface area (Å²) in [6, 6.07) is 13.7. The molecule has 7 heteroatoms. The van der Waals surface area contributed by atoms with Gasteiger partial charge in [0.05, 0.1) is 18.6 Å². The molecule has 3 aromatic rings. The van der Waals surface area contributed by atoms with Gasteiger partial charge in [-0.05, 0) is 65.4 Å². The van der Waals surface area contributed by atoms with Gasteiger partial charge in [0.2, 0.25) is 5.91 Å². The third-order valence-corrected chi connectivity index (χ3v) is 5.37. The Morgan fingerprint density at radius 1 is 1.31 bits per heavy atom.